The number of halogens is 2. The molecule has 0 radical (unpaired) electrons. The average molecular weight is 269 g/mol. The number of likely N-dealkylation sites (tertiary alicyclic amines) is 1. The smallest absolute Gasteiger partial charge is 0.320 e. The van der Waals surface area contributed by atoms with Crippen molar-refractivity contribution in [3.8, 4) is 0 Å². The summed E-state index contributed by atoms with van der Waals surface area (Å²) < 4.78 is 26.3. The van der Waals surface area contributed by atoms with E-state index in [1.807, 2.05) is 11.8 Å². The molecule has 1 aromatic carbocycles. The topological polar surface area (TPSA) is 40.5 Å². The quantitative estimate of drug-likeness (QED) is 0.913. The number of hydrogen-bond donors (Lipinski definition) is 1. The maximum Gasteiger partial charge on any atom is 0.320 e. The molecule has 0 aliphatic carbocycles. The van der Waals surface area contributed by atoms with Crippen LogP contribution >= 0.6 is 0 Å². The zero-order valence-corrected chi connectivity index (χ0v) is 10.8. The summed E-state index contributed by atoms with van der Waals surface area (Å²) in [5.41, 5.74) is 0.563. The summed E-state index contributed by atoms with van der Waals surface area (Å²) in [4.78, 5) is 12.9. The van der Waals surface area contributed by atoms with Crippen molar-refractivity contribution in [2.75, 3.05) is 13.1 Å². The first-order valence-corrected chi connectivity index (χ1v) is 6.40. The summed E-state index contributed by atoms with van der Waals surface area (Å²) in [5, 5.41) is 9.09. The molecule has 19 heavy (non-hydrogen) atoms. The zero-order valence-electron chi connectivity index (χ0n) is 10.8. The van der Waals surface area contributed by atoms with E-state index in [1.165, 1.54) is 12.1 Å². The molecule has 3 nitrogen and oxygen atoms in total. The van der Waals surface area contributed by atoms with E-state index in [2.05, 4.69) is 0 Å². The van der Waals surface area contributed by atoms with Crippen molar-refractivity contribution in [1.82, 2.24) is 4.90 Å². The minimum atomic E-state index is -0.824. The van der Waals surface area contributed by atoms with E-state index in [4.69, 9.17) is 5.11 Å². The molecule has 2 rings (SSSR count). The Balaban J connectivity index is 2.08. The Morgan fingerprint density at radius 2 is 2.05 bits per heavy atom. The summed E-state index contributed by atoms with van der Waals surface area (Å²) in [6, 6.07) is 2.98. The van der Waals surface area contributed by atoms with Crippen molar-refractivity contribution in [2.45, 2.75) is 31.7 Å². The van der Waals surface area contributed by atoms with E-state index in [0.29, 0.717) is 18.5 Å². The standard InChI is InChI=1S/C14H17F2NO2/c1-9(10-5-11(15)7-12(16)6-10)8-17-4-2-3-13(17)14(18)19/h5-7,9,13H,2-4,8H2,1H3,(H,18,19)/t9?,13-/m1/s1. The van der Waals surface area contributed by atoms with Gasteiger partial charge in [0.05, 0.1) is 0 Å². The van der Waals surface area contributed by atoms with Gasteiger partial charge in [-0.2, -0.15) is 0 Å². The minimum Gasteiger partial charge on any atom is -0.480 e. The maximum atomic E-state index is 13.2. The summed E-state index contributed by atoms with van der Waals surface area (Å²) in [7, 11) is 0. The van der Waals surface area contributed by atoms with Gasteiger partial charge in [0.1, 0.15) is 17.7 Å². The summed E-state index contributed by atoms with van der Waals surface area (Å²) in [6.07, 6.45) is 1.49. The summed E-state index contributed by atoms with van der Waals surface area (Å²) in [6.45, 7) is 3.07. The monoisotopic (exact) mass is 269 g/mol. The number of aliphatic carboxylic acids is 1. The van der Waals surface area contributed by atoms with Gasteiger partial charge in [0, 0.05) is 12.6 Å². The molecule has 1 N–H and O–H groups in total. The Morgan fingerprint density at radius 1 is 1.42 bits per heavy atom. The zero-order chi connectivity index (χ0) is 14.0. The third-order valence-corrected chi connectivity index (χ3v) is 3.61. The van der Waals surface area contributed by atoms with E-state index in [0.717, 1.165) is 19.0 Å². The van der Waals surface area contributed by atoms with Crippen LogP contribution in [0, 0.1) is 11.6 Å². The van der Waals surface area contributed by atoms with E-state index in [1.54, 1.807) is 0 Å². The molecule has 1 aliphatic heterocycles. The first-order valence-electron chi connectivity index (χ1n) is 6.40. The van der Waals surface area contributed by atoms with Crippen molar-refractivity contribution in [3.05, 3.63) is 35.4 Å². The van der Waals surface area contributed by atoms with Gasteiger partial charge in [0.2, 0.25) is 0 Å². The Hall–Kier alpha value is -1.49. The second-order valence-electron chi connectivity index (χ2n) is 5.10. The Labute approximate surface area is 110 Å². The lowest BCUT2D eigenvalue weighted by atomic mass is 10.00. The fourth-order valence-electron chi connectivity index (χ4n) is 2.64. The van der Waals surface area contributed by atoms with Crippen molar-refractivity contribution < 1.29 is 18.7 Å². The van der Waals surface area contributed by atoms with Crippen LogP contribution in [0.25, 0.3) is 0 Å². The molecule has 104 valence electrons. The molecule has 1 aromatic rings. The van der Waals surface area contributed by atoms with Gasteiger partial charge >= 0.3 is 5.97 Å². The molecule has 0 saturated carbocycles. The lowest BCUT2D eigenvalue weighted by Gasteiger charge is -2.25. The van der Waals surface area contributed by atoms with Gasteiger partial charge in [0.25, 0.3) is 0 Å². The van der Waals surface area contributed by atoms with Crippen LogP contribution in [0.15, 0.2) is 18.2 Å². The Kier molecular flexibility index (Phi) is 4.14. The van der Waals surface area contributed by atoms with Gasteiger partial charge in [-0.1, -0.05) is 6.92 Å². The van der Waals surface area contributed by atoms with Crippen molar-refractivity contribution in [2.24, 2.45) is 0 Å². The predicted octanol–water partition coefficient (Wildman–Crippen LogP) is 2.62. The highest BCUT2D eigenvalue weighted by Gasteiger charge is 2.31. The molecular formula is C14H17F2NO2. The lowest BCUT2D eigenvalue weighted by Crippen LogP contribution is -2.38. The number of benzene rings is 1. The summed E-state index contributed by atoms with van der Waals surface area (Å²) in [5.74, 6) is -2.13. The van der Waals surface area contributed by atoms with E-state index < -0.39 is 23.6 Å². The number of carboxylic acids is 1. The van der Waals surface area contributed by atoms with E-state index in [9.17, 15) is 13.6 Å². The van der Waals surface area contributed by atoms with Crippen molar-refractivity contribution in [1.29, 1.82) is 0 Å². The Morgan fingerprint density at radius 3 is 2.63 bits per heavy atom. The second kappa shape index (κ2) is 5.65. The van der Waals surface area contributed by atoms with Crippen LogP contribution in [0.4, 0.5) is 8.78 Å². The second-order valence-corrected chi connectivity index (χ2v) is 5.10. The first-order chi connectivity index (χ1) is 8.97. The van der Waals surface area contributed by atoms with E-state index in [-0.39, 0.29) is 5.92 Å². The molecule has 0 amide bonds. The molecular weight excluding hydrogens is 252 g/mol. The van der Waals surface area contributed by atoms with Crippen LogP contribution in [-0.4, -0.2) is 35.1 Å². The van der Waals surface area contributed by atoms with Gasteiger partial charge in [0.15, 0.2) is 0 Å². The molecule has 5 heteroatoms. The summed E-state index contributed by atoms with van der Waals surface area (Å²) >= 11 is 0. The molecule has 0 aromatic heterocycles. The van der Waals surface area contributed by atoms with Crippen molar-refractivity contribution >= 4 is 5.97 Å². The minimum absolute atomic E-state index is 0.106. The lowest BCUT2D eigenvalue weighted by molar-refractivity contribution is -0.142. The number of nitrogens with zero attached hydrogens (tertiary/aromatic N) is 1. The highest BCUT2D eigenvalue weighted by Crippen LogP contribution is 2.24. The molecule has 0 bridgehead atoms. The molecule has 1 fully saturated rings. The van der Waals surface area contributed by atoms with Crippen LogP contribution in [0.1, 0.15) is 31.2 Å². The number of hydrogen-bond acceptors (Lipinski definition) is 2. The molecule has 1 heterocycles. The average Bonchev–Trinajstić information content (AvgIpc) is 2.75. The molecule has 1 saturated heterocycles. The van der Waals surface area contributed by atoms with Gasteiger partial charge in [-0.25, -0.2) is 8.78 Å². The first kappa shape index (κ1) is 13.9. The highest BCUT2D eigenvalue weighted by atomic mass is 19.1. The third kappa shape index (κ3) is 3.29. The van der Waals surface area contributed by atoms with Crippen LogP contribution < -0.4 is 0 Å². The predicted molar refractivity (Wildman–Crippen MR) is 67.0 cm³/mol. The molecule has 1 aliphatic rings. The molecule has 0 spiro atoms. The fraction of sp³-hybridized carbons (Fsp3) is 0.500. The van der Waals surface area contributed by atoms with Gasteiger partial charge in [-0.3, -0.25) is 9.69 Å². The van der Waals surface area contributed by atoms with Gasteiger partial charge in [-0.15, -0.1) is 0 Å². The number of carboxylic acid groups (broad SMARTS) is 1. The third-order valence-electron chi connectivity index (χ3n) is 3.61. The van der Waals surface area contributed by atoms with Crippen LogP contribution in [0.2, 0.25) is 0 Å². The van der Waals surface area contributed by atoms with Crippen LogP contribution in [-0.2, 0) is 4.79 Å². The highest BCUT2D eigenvalue weighted by molar-refractivity contribution is 5.73. The van der Waals surface area contributed by atoms with Crippen molar-refractivity contribution in [3.63, 3.8) is 0 Å². The van der Waals surface area contributed by atoms with Gasteiger partial charge in [-0.05, 0) is 43.0 Å². The van der Waals surface area contributed by atoms with Gasteiger partial charge < -0.3 is 5.11 Å². The molecule has 1 unspecified atom stereocenters. The SMILES string of the molecule is CC(CN1CCC[C@@H]1C(=O)O)c1cc(F)cc(F)c1. The Bertz CT molecular complexity index is 458. The van der Waals surface area contributed by atoms with E-state index >= 15 is 0 Å². The van der Waals surface area contributed by atoms with Crippen LogP contribution in [0.5, 0.6) is 0 Å². The number of carbonyl (C=O) groups is 1. The number of rotatable bonds is 4. The largest absolute Gasteiger partial charge is 0.480 e. The van der Waals surface area contributed by atoms with Crippen LogP contribution in [0.3, 0.4) is 0 Å². The maximum absolute atomic E-state index is 13.2. The molecule has 2 atom stereocenters. The fourth-order valence-corrected chi connectivity index (χ4v) is 2.64. The normalized spacial score (nSPS) is 21.5.